The summed E-state index contributed by atoms with van der Waals surface area (Å²) < 4.78 is 3.22. The fourth-order valence-corrected chi connectivity index (χ4v) is 2.53. The molecule has 0 fully saturated rings. The normalized spacial score (nSPS) is 13.6. The van der Waals surface area contributed by atoms with Crippen molar-refractivity contribution in [3.05, 3.63) is 28.5 Å². The number of rotatable bonds is 2. The lowest BCUT2D eigenvalue weighted by Crippen LogP contribution is -2.21. The van der Waals surface area contributed by atoms with Crippen LogP contribution in [0, 0.1) is 23.7 Å². The molecule has 0 N–H and O–H groups in total. The van der Waals surface area contributed by atoms with E-state index in [0.717, 1.165) is 24.2 Å². The van der Waals surface area contributed by atoms with Crippen molar-refractivity contribution in [1.29, 1.82) is 0 Å². The highest BCUT2D eigenvalue weighted by Gasteiger charge is 2.17. The van der Waals surface area contributed by atoms with E-state index >= 15 is 0 Å². The third-order valence-corrected chi connectivity index (χ3v) is 3.64. The molecule has 0 atom stereocenters. The zero-order valence-electron chi connectivity index (χ0n) is 12.7. The van der Waals surface area contributed by atoms with E-state index in [1.54, 1.807) is 20.2 Å². The van der Waals surface area contributed by atoms with Gasteiger partial charge in [-0.05, 0) is 18.9 Å². The molecule has 22 heavy (non-hydrogen) atoms. The molecule has 3 rings (SSSR count). The second-order valence-electron chi connectivity index (χ2n) is 5.04. The lowest BCUT2D eigenvalue weighted by Gasteiger charge is -2.08. The van der Waals surface area contributed by atoms with E-state index in [1.807, 2.05) is 4.57 Å². The van der Waals surface area contributed by atoms with Crippen LogP contribution >= 0.6 is 0 Å². The van der Waals surface area contributed by atoms with Crippen LogP contribution < -0.4 is 5.56 Å². The van der Waals surface area contributed by atoms with Gasteiger partial charge in [0.05, 0.1) is 12.7 Å². The Morgan fingerprint density at radius 1 is 1.41 bits per heavy atom. The summed E-state index contributed by atoms with van der Waals surface area (Å²) in [5, 5.41) is 4.05. The van der Waals surface area contributed by atoms with E-state index in [-0.39, 0.29) is 5.56 Å². The van der Waals surface area contributed by atoms with Crippen LogP contribution in [-0.2, 0) is 13.6 Å². The van der Waals surface area contributed by atoms with Gasteiger partial charge in [-0.1, -0.05) is 17.9 Å². The lowest BCUT2D eigenvalue weighted by molar-refractivity contribution is 0.709. The van der Waals surface area contributed by atoms with Crippen LogP contribution in [0.25, 0.3) is 16.6 Å². The number of hydrogen-bond acceptors (Lipinski definition) is 3. The standard InChI is InChI=1S/C17H16N4O/c1-3-4-11-21-15-14(12-18-20(2)17(15)22)19-16(21)13-9-7-5-6-8-10-13/h9,12H,7-8,10-11H2,1-2H3. The first kappa shape index (κ1) is 14.2. The quantitative estimate of drug-likeness (QED) is 0.792. The van der Waals surface area contributed by atoms with E-state index in [0.29, 0.717) is 24.0 Å². The molecule has 2 aromatic rings. The maximum absolute atomic E-state index is 12.4. The summed E-state index contributed by atoms with van der Waals surface area (Å²) in [6.45, 7) is 2.23. The Kier molecular flexibility index (Phi) is 3.80. The molecule has 0 unspecified atom stereocenters. The van der Waals surface area contributed by atoms with Crippen molar-refractivity contribution in [2.45, 2.75) is 32.7 Å². The van der Waals surface area contributed by atoms with Gasteiger partial charge in [-0.3, -0.25) is 4.79 Å². The first-order valence-electron chi connectivity index (χ1n) is 7.19. The van der Waals surface area contributed by atoms with Gasteiger partial charge >= 0.3 is 0 Å². The van der Waals surface area contributed by atoms with Crippen molar-refractivity contribution in [1.82, 2.24) is 19.3 Å². The van der Waals surface area contributed by atoms with Gasteiger partial charge in [0, 0.05) is 19.9 Å². The molecule has 1 aliphatic rings. The van der Waals surface area contributed by atoms with Crippen LogP contribution in [0.2, 0.25) is 0 Å². The van der Waals surface area contributed by atoms with Gasteiger partial charge in [0.1, 0.15) is 16.9 Å². The fraction of sp³-hybridized carbons (Fsp3) is 0.353. The van der Waals surface area contributed by atoms with Gasteiger partial charge in [-0.2, -0.15) is 5.10 Å². The average molecular weight is 292 g/mol. The maximum Gasteiger partial charge on any atom is 0.292 e. The minimum absolute atomic E-state index is 0.153. The Hall–Kier alpha value is -2.79. The van der Waals surface area contributed by atoms with E-state index in [4.69, 9.17) is 0 Å². The monoisotopic (exact) mass is 292 g/mol. The molecule has 0 aromatic carbocycles. The topological polar surface area (TPSA) is 52.7 Å². The highest BCUT2D eigenvalue weighted by atomic mass is 16.1. The SMILES string of the molecule is CC#CCn1c(C2=CCC#CCC2)nc2cnn(C)c(=O)c21. The van der Waals surface area contributed by atoms with Crippen LogP contribution in [0.1, 0.15) is 32.0 Å². The Morgan fingerprint density at radius 3 is 3.09 bits per heavy atom. The molecular weight excluding hydrogens is 276 g/mol. The molecule has 0 amide bonds. The second-order valence-corrected chi connectivity index (χ2v) is 5.04. The summed E-state index contributed by atoms with van der Waals surface area (Å²) in [4.78, 5) is 17.1. The third-order valence-electron chi connectivity index (χ3n) is 3.64. The van der Waals surface area contributed by atoms with Gasteiger partial charge in [-0.15, -0.1) is 11.8 Å². The highest BCUT2D eigenvalue weighted by Crippen LogP contribution is 2.24. The molecular formula is C17H16N4O. The van der Waals surface area contributed by atoms with Crippen LogP contribution in [-0.4, -0.2) is 19.3 Å². The largest absolute Gasteiger partial charge is 0.308 e. The van der Waals surface area contributed by atoms with E-state index < -0.39 is 0 Å². The molecule has 2 heterocycles. The number of allylic oxidation sites excluding steroid dienone is 2. The van der Waals surface area contributed by atoms with E-state index in [9.17, 15) is 4.79 Å². The van der Waals surface area contributed by atoms with E-state index in [1.165, 1.54) is 4.68 Å². The van der Waals surface area contributed by atoms with Crippen molar-refractivity contribution < 1.29 is 0 Å². The van der Waals surface area contributed by atoms with Gasteiger partial charge in [0.2, 0.25) is 0 Å². The first-order chi connectivity index (χ1) is 10.7. The van der Waals surface area contributed by atoms with Gasteiger partial charge in [-0.25, -0.2) is 9.67 Å². The molecule has 0 saturated heterocycles. The summed E-state index contributed by atoms with van der Waals surface area (Å²) in [5.41, 5.74) is 2.12. The predicted octanol–water partition coefficient (Wildman–Crippen LogP) is 1.72. The van der Waals surface area contributed by atoms with Crippen LogP contribution in [0.4, 0.5) is 0 Å². The number of imidazole rings is 1. The second kappa shape index (κ2) is 5.91. The van der Waals surface area contributed by atoms with E-state index in [2.05, 4.69) is 39.8 Å². The zero-order valence-corrected chi connectivity index (χ0v) is 12.7. The predicted molar refractivity (Wildman–Crippen MR) is 85.8 cm³/mol. The average Bonchev–Trinajstić information content (AvgIpc) is 2.71. The summed E-state index contributed by atoms with van der Waals surface area (Å²) >= 11 is 0. The summed E-state index contributed by atoms with van der Waals surface area (Å²) in [7, 11) is 1.64. The summed E-state index contributed by atoms with van der Waals surface area (Å²) in [5.74, 6) is 12.9. The van der Waals surface area contributed by atoms with Crippen molar-refractivity contribution in [3.63, 3.8) is 0 Å². The fourth-order valence-electron chi connectivity index (χ4n) is 2.53. The molecule has 5 heteroatoms. The Balaban J connectivity index is 2.25. The molecule has 1 aliphatic carbocycles. The number of aromatic nitrogens is 4. The Morgan fingerprint density at radius 2 is 2.27 bits per heavy atom. The Bertz CT molecular complexity index is 938. The number of nitrogens with zero attached hydrogens (tertiary/aromatic N) is 4. The van der Waals surface area contributed by atoms with Crippen molar-refractivity contribution in [3.8, 4) is 23.7 Å². The van der Waals surface area contributed by atoms with Crippen molar-refractivity contribution in [2.75, 3.05) is 0 Å². The van der Waals surface area contributed by atoms with Crippen LogP contribution in [0.15, 0.2) is 17.1 Å². The summed E-state index contributed by atoms with van der Waals surface area (Å²) in [6, 6.07) is 0. The van der Waals surface area contributed by atoms with Gasteiger partial charge < -0.3 is 4.57 Å². The van der Waals surface area contributed by atoms with Gasteiger partial charge in [0.15, 0.2) is 0 Å². The minimum Gasteiger partial charge on any atom is -0.308 e. The van der Waals surface area contributed by atoms with Crippen molar-refractivity contribution in [2.24, 2.45) is 7.05 Å². The Labute approximate surface area is 128 Å². The highest BCUT2D eigenvalue weighted by molar-refractivity contribution is 5.78. The molecule has 0 bridgehead atoms. The van der Waals surface area contributed by atoms with Crippen LogP contribution in [0.5, 0.6) is 0 Å². The molecule has 110 valence electrons. The molecule has 0 aliphatic heterocycles. The minimum atomic E-state index is -0.153. The molecule has 0 radical (unpaired) electrons. The first-order valence-corrected chi connectivity index (χ1v) is 7.19. The zero-order chi connectivity index (χ0) is 15.5. The lowest BCUT2D eigenvalue weighted by atomic mass is 10.1. The maximum atomic E-state index is 12.4. The molecule has 0 spiro atoms. The summed E-state index contributed by atoms with van der Waals surface area (Å²) in [6.07, 6.45) is 6.08. The van der Waals surface area contributed by atoms with Gasteiger partial charge in [0.25, 0.3) is 5.56 Å². The van der Waals surface area contributed by atoms with Crippen LogP contribution in [0.3, 0.4) is 0 Å². The van der Waals surface area contributed by atoms with Crippen molar-refractivity contribution >= 4 is 16.6 Å². The number of fused-ring (bicyclic) bond motifs is 1. The number of aryl methyl sites for hydroxylation is 1. The molecule has 0 saturated carbocycles. The molecule has 2 aromatic heterocycles. The molecule has 5 nitrogen and oxygen atoms in total. The number of hydrogen-bond donors (Lipinski definition) is 0. The smallest absolute Gasteiger partial charge is 0.292 e. The third kappa shape index (κ3) is 2.42.